The molecule has 1 saturated carbocycles. The van der Waals surface area contributed by atoms with Crippen LogP contribution in [0.15, 0.2) is 36.9 Å². The van der Waals surface area contributed by atoms with E-state index in [1.807, 2.05) is 29.9 Å². The maximum Gasteiger partial charge on any atom is 0.149 e. The average molecular weight is 405 g/mol. The van der Waals surface area contributed by atoms with Gasteiger partial charge < -0.3 is 20.5 Å². The van der Waals surface area contributed by atoms with Crippen LogP contribution in [-0.2, 0) is 7.05 Å². The van der Waals surface area contributed by atoms with Gasteiger partial charge in [-0.25, -0.2) is 9.97 Å². The van der Waals surface area contributed by atoms with E-state index in [0.29, 0.717) is 24.4 Å². The van der Waals surface area contributed by atoms with Crippen molar-refractivity contribution in [1.82, 2.24) is 24.8 Å². The zero-order valence-corrected chi connectivity index (χ0v) is 17.5. The van der Waals surface area contributed by atoms with E-state index < -0.39 is 0 Å². The van der Waals surface area contributed by atoms with Crippen LogP contribution in [-0.4, -0.2) is 38.1 Å². The summed E-state index contributed by atoms with van der Waals surface area (Å²) in [6, 6.07) is 8.88. The summed E-state index contributed by atoms with van der Waals surface area (Å²) in [6.07, 6.45) is 9.26. The van der Waals surface area contributed by atoms with Crippen LogP contribution in [0.2, 0.25) is 0 Å². The largest absolute Gasteiger partial charge is 0.367 e. The number of rotatable bonds is 7. The molecule has 30 heavy (non-hydrogen) atoms. The van der Waals surface area contributed by atoms with E-state index in [1.165, 1.54) is 0 Å². The fourth-order valence-electron chi connectivity index (χ4n) is 4.27. The van der Waals surface area contributed by atoms with Crippen molar-refractivity contribution in [3.8, 4) is 6.07 Å². The zero-order chi connectivity index (χ0) is 20.9. The van der Waals surface area contributed by atoms with Crippen LogP contribution in [0.3, 0.4) is 0 Å². The van der Waals surface area contributed by atoms with Gasteiger partial charge in [0, 0.05) is 55.9 Å². The van der Waals surface area contributed by atoms with Crippen LogP contribution in [0.25, 0.3) is 10.9 Å². The highest BCUT2D eigenvalue weighted by atomic mass is 15.1. The molecule has 3 aromatic rings. The molecule has 0 radical (unpaired) electrons. The molecule has 1 aliphatic carbocycles. The molecule has 4 rings (SSSR count). The number of pyridine rings is 2. The lowest BCUT2D eigenvalue weighted by molar-refractivity contribution is 0.285. The van der Waals surface area contributed by atoms with Crippen LogP contribution in [0.5, 0.6) is 0 Å². The van der Waals surface area contributed by atoms with Gasteiger partial charge in [0.25, 0.3) is 0 Å². The fourth-order valence-corrected chi connectivity index (χ4v) is 4.27. The van der Waals surface area contributed by atoms with Crippen LogP contribution in [0.1, 0.15) is 32.6 Å². The molecule has 1 aliphatic rings. The highest BCUT2D eigenvalue weighted by Crippen LogP contribution is 2.30. The van der Waals surface area contributed by atoms with Gasteiger partial charge in [0.05, 0.1) is 17.9 Å². The number of anilines is 3. The van der Waals surface area contributed by atoms with E-state index in [-0.39, 0.29) is 0 Å². The summed E-state index contributed by atoms with van der Waals surface area (Å²) >= 11 is 0. The van der Waals surface area contributed by atoms with Gasteiger partial charge in [0.1, 0.15) is 17.5 Å². The lowest BCUT2D eigenvalue weighted by Gasteiger charge is -2.34. The molecule has 8 nitrogen and oxygen atoms in total. The van der Waals surface area contributed by atoms with Gasteiger partial charge in [0.2, 0.25) is 0 Å². The normalized spacial score (nSPS) is 21.3. The SMILES string of the molecule is CC1CC(NCCC#N)CC(Nc2nc(Nc3cn(C)cn3)cc3ncccc23)C1. The van der Waals surface area contributed by atoms with Gasteiger partial charge in [-0.2, -0.15) is 5.26 Å². The summed E-state index contributed by atoms with van der Waals surface area (Å²) in [7, 11) is 1.94. The Morgan fingerprint density at radius 2 is 2.07 bits per heavy atom. The first-order chi connectivity index (χ1) is 14.6. The minimum atomic E-state index is 0.314. The topological polar surface area (TPSA) is 103 Å². The van der Waals surface area contributed by atoms with Crippen LogP contribution in [0, 0.1) is 17.2 Å². The standard InChI is InChI=1S/C22H28N8/c1-15-9-16(24-8-4-6-23)11-17(10-15)27-22-18-5-3-7-25-19(18)12-20(29-22)28-21-13-30(2)14-26-21/h3,5,7,12-17,24H,4,8-11H2,1-2H3,(H2,27,28,29). The Balaban J connectivity index is 1.55. The minimum Gasteiger partial charge on any atom is -0.367 e. The second-order valence-electron chi connectivity index (χ2n) is 8.19. The molecule has 0 amide bonds. The molecule has 3 heterocycles. The molecule has 0 bridgehead atoms. The minimum absolute atomic E-state index is 0.314. The quantitative estimate of drug-likeness (QED) is 0.517. The number of nitrogens with zero attached hydrogens (tertiary/aromatic N) is 5. The molecule has 8 heteroatoms. The highest BCUT2D eigenvalue weighted by molar-refractivity contribution is 5.91. The lowest BCUT2D eigenvalue weighted by atomic mass is 9.83. The number of hydrogen-bond acceptors (Lipinski definition) is 7. The molecule has 0 saturated heterocycles. The molecule has 0 aromatic carbocycles. The molecule has 0 spiro atoms. The zero-order valence-electron chi connectivity index (χ0n) is 17.5. The second-order valence-corrected chi connectivity index (χ2v) is 8.19. The van der Waals surface area contributed by atoms with Crippen molar-refractivity contribution >= 4 is 28.4 Å². The van der Waals surface area contributed by atoms with E-state index in [1.54, 1.807) is 12.5 Å². The maximum atomic E-state index is 8.80. The average Bonchev–Trinajstić information content (AvgIpc) is 3.12. The van der Waals surface area contributed by atoms with E-state index in [0.717, 1.165) is 54.2 Å². The summed E-state index contributed by atoms with van der Waals surface area (Å²) in [5.41, 5.74) is 0.890. The van der Waals surface area contributed by atoms with Crippen LogP contribution in [0.4, 0.5) is 17.5 Å². The Morgan fingerprint density at radius 1 is 1.20 bits per heavy atom. The monoisotopic (exact) mass is 404 g/mol. The van der Waals surface area contributed by atoms with E-state index in [2.05, 4.69) is 45.0 Å². The highest BCUT2D eigenvalue weighted by Gasteiger charge is 2.27. The van der Waals surface area contributed by atoms with Crippen molar-refractivity contribution in [3.05, 3.63) is 36.9 Å². The van der Waals surface area contributed by atoms with Gasteiger partial charge in [-0.15, -0.1) is 0 Å². The Kier molecular flexibility index (Phi) is 6.10. The third kappa shape index (κ3) is 4.86. The van der Waals surface area contributed by atoms with E-state index in [4.69, 9.17) is 10.2 Å². The number of aryl methyl sites for hydroxylation is 1. The number of nitrogens with one attached hydrogen (secondary N) is 3. The number of fused-ring (bicyclic) bond motifs is 1. The first-order valence-corrected chi connectivity index (χ1v) is 10.5. The first-order valence-electron chi connectivity index (χ1n) is 10.5. The van der Waals surface area contributed by atoms with Crippen molar-refractivity contribution in [3.63, 3.8) is 0 Å². The van der Waals surface area contributed by atoms with Crippen LogP contribution >= 0.6 is 0 Å². The molecular weight excluding hydrogens is 376 g/mol. The van der Waals surface area contributed by atoms with Crippen molar-refractivity contribution in [1.29, 1.82) is 5.26 Å². The summed E-state index contributed by atoms with van der Waals surface area (Å²) < 4.78 is 1.89. The molecule has 0 aliphatic heterocycles. The third-order valence-electron chi connectivity index (χ3n) is 5.51. The Labute approximate surface area is 176 Å². The van der Waals surface area contributed by atoms with Crippen molar-refractivity contribution in [2.24, 2.45) is 13.0 Å². The van der Waals surface area contributed by atoms with Gasteiger partial charge >= 0.3 is 0 Å². The molecule has 3 unspecified atom stereocenters. The molecule has 156 valence electrons. The molecule has 3 atom stereocenters. The Bertz CT molecular complexity index is 1040. The van der Waals surface area contributed by atoms with Gasteiger partial charge in [0.15, 0.2) is 0 Å². The smallest absolute Gasteiger partial charge is 0.149 e. The second kappa shape index (κ2) is 9.09. The molecule has 3 N–H and O–H groups in total. The van der Waals surface area contributed by atoms with Gasteiger partial charge in [-0.1, -0.05) is 6.92 Å². The molecule has 3 aromatic heterocycles. The van der Waals surface area contributed by atoms with Gasteiger partial charge in [-0.3, -0.25) is 4.98 Å². The van der Waals surface area contributed by atoms with Gasteiger partial charge in [-0.05, 0) is 37.3 Å². The Hall–Kier alpha value is -3.18. The van der Waals surface area contributed by atoms with Crippen molar-refractivity contribution < 1.29 is 0 Å². The first kappa shape index (κ1) is 20.1. The summed E-state index contributed by atoms with van der Waals surface area (Å²) in [5, 5.41) is 20.3. The van der Waals surface area contributed by atoms with Crippen molar-refractivity contribution in [2.75, 3.05) is 17.2 Å². The Morgan fingerprint density at radius 3 is 2.87 bits per heavy atom. The third-order valence-corrected chi connectivity index (χ3v) is 5.51. The van der Waals surface area contributed by atoms with Crippen molar-refractivity contribution in [2.45, 2.75) is 44.7 Å². The number of aromatic nitrogens is 4. The summed E-state index contributed by atoms with van der Waals surface area (Å²) in [5.74, 6) is 2.91. The van der Waals surface area contributed by atoms with E-state index in [9.17, 15) is 0 Å². The summed E-state index contributed by atoms with van der Waals surface area (Å²) in [4.78, 5) is 13.7. The fraction of sp³-hybridized carbons (Fsp3) is 0.455. The number of imidazole rings is 1. The molecule has 1 fully saturated rings. The number of nitriles is 1. The maximum absolute atomic E-state index is 8.80. The lowest BCUT2D eigenvalue weighted by Crippen LogP contribution is -2.42. The van der Waals surface area contributed by atoms with Crippen LogP contribution < -0.4 is 16.0 Å². The van der Waals surface area contributed by atoms with E-state index >= 15 is 0 Å². The summed E-state index contributed by atoms with van der Waals surface area (Å²) in [6.45, 7) is 3.04. The molecular formula is C22H28N8. The number of hydrogen-bond donors (Lipinski definition) is 3. The predicted molar refractivity (Wildman–Crippen MR) is 118 cm³/mol. The predicted octanol–water partition coefficient (Wildman–Crippen LogP) is 3.58.